The second-order valence-corrected chi connectivity index (χ2v) is 5.12. The molecule has 3 nitrogen and oxygen atoms in total. The smallest absolute Gasteiger partial charge is 0.178 e. The fraction of sp³-hybridized carbons (Fsp3) is 0.143. The number of aromatic amines is 1. The Bertz CT molecular complexity index is 761. The molecule has 0 saturated heterocycles. The van der Waals surface area contributed by atoms with E-state index in [-0.39, 0.29) is 0 Å². The highest BCUT2D eigenvalue weighted by atomic mass is 35.5. The van der Waals surface area contributed by atoms with Crippen LogP contribution in [0, 0.1) is 4.77 Å². The molecule has 0 aliphatic heterocycles. The van der Waals surface area contributed by atoms with E-state index < -0.39 is 0 Å². The van der Waals surface area contributed by atoms with Gasteiger partial charge in [0.25, 0.3) is 0 Å². The van der Waals surface area contributed by atoms with Crippen molar-refractivity contribution in [1.29, 1.82) is 0 Å². The number of hydrogen-bond acceptors (Lipinski definition) is 2. The highest BCUT2D eigenvalue weighted by Crippen LogP contribution is 2.23. The largest absolute Gasteiger partial charge is 0.331 e. The van der Waals surface area contributed by atoms with E-state index in [9.17, 15) is 0 Å². The second kappa shape index (κ2) is 5.15. The lowest BCUT2D eigenvalue weighted by Crippen LogP contribution is -2.01. The molecule has 3 rings (SSSR count). The van der Waals surface area contributed by atoms with Crippen LogP contribution < -0.4 is 0 Å². The van der Waals surface area contributed by atoms with Gasteiger partial charge in [0, 0.05) is 18.9 Å². The first-order valence-corrected chi connectivity index (χ1v) is 6.80. The van der Waals surface area contributed by atoms with Crippen molar-refractivity contribution in [3.05, 3.63) is 58.1 Å². The molecule has 96 valence electrons. The van der Waals surface area contributed by atoms with Gasteiger partial charge in [-0.15, -0.1) is 0 Å². The Balaban J connectivity index is 1.97. The number of imidazole rings is 1. The first kappa shape index (κ1) is 12.4. The number of para-hydroxylation sites is 1. The molecular formula is C14H12ClN3S. The standard InChI is InChI=1S/C14H12ClN3S/c15-11-2-1-3-12-13(11)18(14(19)17-12)9-6-10-4-7-16-8-5-10/h1-5,7-8H,6,9H2,(H,17,19). The Morgan fingerprint density at radius 3 is 2.79 bits per heavy atom. The summed E-state index contributed by atoms with van der Waals surface area (Å²) in [7, 11) is 0. The molecule has 2 heterocycles. The number of aryl methyl sites for hydroxylation is 2. The third kappa shape index (κ3) is 2.41. The van der Waals surface area contributed by atoms with Crippen LogP contribution in [-0.4, -0.2) is 14.5 Å². The molecule has 3 aromatic rings. The van der Waals surface area contributed by atoms with E-state index in [1.165, 1.54) is 5.56 Å². The summed E-state index contributed by atoms with van der Waals surface area (Å²) in [5.74, 6) is 0. The van der Waals surface area contributed by atoms with Crippen molar-refractivity contribution in [3.8, 4) is 0 Å². The van der Waals surface area contributed by atoms with E-state index >= 15 is 0 Å². The normalized spacial score (nSPS) is 11.0. The Labute approximate surface area is 120 Å². The summed E-state index contributed by atoms with van der Waals surface area (Å²) in [6.07, 6.45) is 4.50. The zero-order valence-electron chi connectivity index (χ0n) is 10.1. The Kier molecular flexibility index (Phi) is 3.36. The number of benzene rings is 1. The number of fused-ring (bicyclic) bond motifs is 1. The van der Waals surface area contributed by atoms with Crippen LogP contribution in [0.1, 0.15) is 5.56 Å². The number of nitrogens with zero attached hydrogens (tertiary/aromatic N) is 2. The lowest BCUT2D eigenvalue weighted by Gasteiger charge is -2.05. The van der Waals surface area contributed by atoms with Crippen LogP contribution in [0.4, 0.5) is 0 Å². The van der Waals surface area contributed by atoms with Crippen molar-refractivity contribution in [2.45, 2.75) is 13.0 Å². The summed E-state index contributed by atoms with van der Waals surface area (Å²) in [5.41, 5.74) is 3.19. The minimum atomic E-state index is 0.706. The van der Waals surface area contributed by atoms with Crippen LogP contribution in [0.25, 0.3) is 11.0 Å². The lowest BCUT2D eigenvalue weighted by atomic mass is 10.2. The summed E-state index contributed by atoms with van der Waals surface area (Å²) < 4.78 is 2.75. The number of rotatable bonds is 3. The van der Waals surface area contributed by atoms with E-state index in [1.54, 1.807) is 12.4 Å². The van der Waals surface area contributed by atoms with E-state index in [0.29, 0.717) is 4.77 Å². The van der Waals surface area contributed by atoms with Crippen LogP contribution in [-0.2, 0) is 13.0 Å². The van der Waals surface area contributed by atoms with Gasteiger partial charge in [-0.05, 0) is 48.5 Å². The summed E-state index contributed by atoms with van der Waals surface area (Å²) in [6, 6.07) is 9.82. The Morgan fingerprint density at radius 2 is 2.00 bits per heavy atom. The van der Waals surface area contributed by atoms with E-state index in [1.807, 2.05) is 34.9 Å². The van der Waals surface area contributed by atoms with E-state index in [2.05, 4.69) is 9.97 Å². The molecule has 0 aliphatic carbocycles. The molecule has 19 heavy (non-hydrogen) atoms. The number of nitrogens with one attached hydrogen (secondary N) is 1. The summed E-state index contributed by atoms with van der Waals surface area (Å²) >= 11 is 11.6. The molecular weight excluding hydrogens is 278 g/mol. The lowest BCUT2D eigenvalue weighted by molar-refractivity contribution is 0.706. The maximum absolute atomic E-state index is 6.26. The molecule has 0 unspecified atom stereocenters. The number of halogens is 1. The van der Waals surface area contributed by atoms with Crippen LogP contribution in [0.2, 0.25) is 5.02 Å². The average molecular weight is 290 g/mol. The summed E-state index contributed by atoms with van der Waals surface area (Å²) in [4.78, 5) is 7.20. The second-order valence-electron chi connectivity index (χ2n) is 4.32. The van der Waals surface area contributed by atoms with Crippen molar-refractivity contribution in [2.75, 3.05) is 0 Å². The van der Waals surface area contributed by atoms with Gasteiger partial charge >= 0.3 is 0 Å². The molecule has 2 aromatic heterocycles. The Hall–Kier alpha value is -1.65. The first-order chi connectivity index (χ1) is 9.25. The maximum Gasteiger partial charge on any atom is 0.178 e. The van der Waals surface area contributed by atoms with Crippen molar-refractivity contribution in [2.24, 2.45) is 0 Å². The summed E-state index contributed by atoms with van der Waals surface area (Å²) in [5, 5.41) is 0.722. The number of pyridine rings is 1. The van der Waals surface area contributed by atoms with Gasteiger partial charge in [-0.3, -0.25) is 4.98 Å². The molecule has 0 radical (unpaired) electrons. The highest BCUT2D eigenvalue weighted by molar-refractivity contribution is 7.71. The van der Waals surface area contributed by atoms with Gasteiger partial charge in [-0.25, -0.2) is 0 Å². The molecule has 0 atom stereocenters. The van der Waals surface area contributed by atoms with Gasteiger partial charge in [0.05, 0.1) is 16.1 Å². The predicted molar refractivity (Wildman–Crippen MR) is 80.1 cm³/mol. The van der Waals surface area contributed by atoms with Crippen LogP contribution in [0.5, 0.6) is 0 Å². The number of hydrogen-bond donors (Lipinski definition) is 1. The fourth-order valence-corrected chi connectivity index (χ4v) is 2.75. The number of H-pyrrole nitrogens is 1. The van der Waals surface area contributed by atoms with Crippen molar-refractivity contribution >= 4 is 34.9 Å². The zero-order chi connectivity index (χ0) is 13.2. The van der Waals surface area contributed by atoms with Crippen LogP contribution in [0.3, 0.4) is 0 Å². The number of aromatic nitrogens is 3. The molecule has 0 saturated carbocycles. The molecule has 0 aliphatic rings. The van der Waals surface area contributed by atoms with Crippen molar-refractivity contribution in [3.63, 3.8) is 0 Å². The van der Waals surface area contributed by atoms with Gasteiger partial charge in [0.15, 0.2) is 4.77 Å². The van der Waals surface area contributed by atoms with Crippen molar-refractivity contribution < 1.29 is 0 Å². The van der Waals surface area contributed by atoms with Gasteiger partial charge in [0.2, 0.25) is 0 Å². The topological polar surface area (TPSA) is 33.6 Å². The highest BCUT2D eigenvalue weighted by Gasteiger charge is 2.07. The minimum Gasteiger partial charge on any atom is -0.331 e. The predicted octanol–water partition coefficient (Wildman–Crippen LogP) is 3.99. The van der Waals surface area contributed by atoms with E-state index in [0.717, 1.165) is 29.0 Å². The maximum atomic E-state index is 6.26. The van der Waals surface area contributed by atoms with Gasteiger partial charge < -0.3 is 9.55 Å². The fourth-order valence-electron chi connectivity index (χ4n) is 2.18. The van der Waals surface area contributed by atoms with Crippen LogP contribution >= 0.6 is 23.8 Å². The van der Waals surface area contributed by atoms with Gasteiger partial charge in [-0.1, -0.05) is 17.7 Å². The minimum absolute atomic E-state index is 0.706. The van der Waals surface area contributed by atoms with E-state index in [4.69, 9.17) is 23.8 Å². The molecule has 5 heteroatoms. The molecule has 0 fully saturated rings. The molecule has 0 spiro atoms. The third-order valence-corrected chi connectivity index (χ3v) is 3.74. The molecule has 0 amide bonds. The molecule has 0 bridgehead atoms. The first-order valence-electron chi connectivity index (χ1n) is 6.01. The monoisotopic (exact) mass is 289 g/mol. The summed E-state index contributed by atoms with van der Waals surface area (Å²) in [6.45, 7) is 0.798. The zero-order valence-corrected chi connectivity index (χ0v) is 11.7. The molecule has 1 aromatic carbocycles. The Morgan fingerprint density at radius 1 is 1.21 bits per heavy atom. The van der Waals surface area contributed by atoms with Crippen LogP contribution in [0.15, 0.2) is 42.7 Å². The third-order valence-electron chi connectivity index (χ3n) is 3.12. The molecule has 1 N–H and O–H groups in total. The quantitative estimate of drug-likeness (QED) is 0.740. The van der Waals surface area contributed by atoms with Crippen molar-refractivity contribution in [1.82, 2.24) is 14.5 Å². The average Bonchev–Trinajstić information content (AvgIpc) is 2.75. The van der Waals surface area contributed by atoms with Gasteiger partial charge in [0.1, 0.15) is 0 Å². The SMILES string of the molecule is S=c1[nH]c2cccc(Cl)c2n1CCc1ccncc1. The van der Waals surface area contributed by atoms with Gasteiger partial charge in [-0.2, -0.15) is 0 Å².